The zero-order valence-electron chi connectivity index (χ0n) is 19.3. The number of rotatable bonds is 8. The maximum atomic E-state index is 13.3. The number of carboxylic acid groups (broad SMARTS) is 1. The van der Waals surface area contributed by atoms with Crippen molar-refractivity contribution in [3.63, 3.8) is 0 Å². The quantitative estimate of drug-likeness (QED) is 0.522. The van der Waals surface area contributed by atoms with Crippen molar-refractivity contribution in [2.75, 3.05) is 27.2 Å². The van der Waals surface area contributed by atoms with E-state index in [1.165, 1.54) is 10.2 Å². The molecule has 1 aliphatic rings. The highest BCUT2D eigenvalue weighted by molar-refractivity contribution is 5.91. The van der Waals surface area contributed by atoms with Crippen molar-refractivity contribution in [3.05, 3.63) is 59.7 Å². The molecule has 0 aromatic heterocycles. The van der Waals surface area contributed by atoms with Crippen LogP contribution in [0.5, 0.6) is 0 Å². The maximum Gasteiger partial charge on any atom is 0.422 e. The molecule has 0 heterocycles. The molecule has 11 heteroatoms. The standard InChI is InChI=1S/C24H26F3N3O5/c1-23(21(32)33,24(25,26)27)29-20(31)19(12-30(2)3)28-22(34)35-13-18-16-10-6-4-8-14(16)15-9-5-7-11-17(15)18/h4-11,18-19H,12-13H2,1-3H3,(H,28,34)(H,29,31)(H,32,33). The minimum Gasteiger partial charge on any atom is -0.479 e. The average Bonchev–Trinajstić information content (AvgIpc) is 3.09. The van der Waals surface area contributed by atoms with Crippen LogP contribution in [0.1, 0.15) is 24.0 Å². The molecule has 0 aliphatic heterocycles. The fourth-order valence-electron chi connectivity index (χ4n) is 3.92. The Bertz CT molecular complexity index is 1080. The Balaban J connectivity index is 1.72. The van der Waals surface area contributed by atoms with Crippen LogP contribution in [-0.4, -0.2) is 73.0 Å². The summed E-state index contributed by atoms with van der Waals surface area (Å²) in [4.78, 5) is 37.9. The Morgan fingerprint density at radius 1 is 1.03 bits per heavy atom. The monoisotopic (exact) mass is 493 g/mol. The maximum absolute atomic E-state index is 13.3. The van der Waals surface area contributed by atoms with E-state index in [1.807, 2.05) is 48.5 Å². The second-order valence-electron chi connectivity index (χ2n) is 8.70. The Morgan fingerprint density at radius 2 is 1.54 bits per heavy atom. The topological polar surface area (TPSA) is 108 Å². The van der Waals surface area contributed by atoms with Gasteiger partial charge in [-0.1, -0.05) is 48.5 Å². The van der Waals surface area contributed by atoms with Crippen LogP contribution >= 0.6 is 0 Å². The highest BCUT2D eigenvalue weighted by Gasteiger charge is 2.59. The van der Waals surface area contributed by atoms with Crippen LogP contribution < -0.4 is 10.6 Å². The van der Waals surface area contributed by atoms with Gasteiger partial charge >= 0.3 is 18.2 Å². The van der Waals surface area contributed by atoms with Gasteiger partial charge in [-0.3, -0.25) is 4.79 Å². The first-order chi connectivity index (χ1) is 16.3. The van der Waals surface area contributed by atoms with E-state index in [1.54, 1.807) is 14.1 Å². The summed E-state index contributed by atoms with van der Waals surface area (Å²) in [7, 11) is 3.08. The number of amides is 2. The van der Waals surface area contributed by atoms with Gasteiger partial charge in [0.05, 0.1) is 0 Å². The lowest BCUT2D eigenvalue weighted by molar-refractivity contribution is -0.207. The van der Waals surface area contributed by atoms with Crippen LogP contribution in [0.3, 0.4) is 0 Å². The van der Waals surface area contributed by atoms with Crippen LogP contribution in [0.15, 0.2) is 48.5 Å². The zero-order valence-corrected chi connectivity index (χ0v) is 19.3. The van der Waals surface area contributed by atoms with Crippen molar-refractivity contribution in [1.29, 1.82) is 0 Å². The molecule has 0 saturated heterocycles. The number of halogens is 3. The van der Waals surface area contributed by atoms with E-state index in [-0.39, 0.29) is 19.1 Å². The zero-order chi connectivity index (χ0) is 26.0. The van der Waals surface area contributed by atoms with Gasteiger partial charge < -0.3 is 25.4 Å². The second kappa shape index (κ2) is 9.95. The van der Waals surface area contributed by atoms with Gasteiger partial charge in [0.25, 0.3) is 0 Å². The third-order valence-electron chi connectivity index (χ3n) is 5.87. The summed E-state index contributed by atoms with van der Waals surface area (Å²) < 4.78 is 45.3. The molecule has 0 bridgehead atoms. The van der Waals surface area contributed by atoms with Crippen molar-refractivity contribution >= 4 is 18.0 Å². The molecule has 8 nitrogen and oxygen atoms in total. The summed E-state index contributed by atoms with van der Waals surface area (Å²) in [6.45, 7) is 0.0857. The Hall–Kier alpha value is -3.60. The van der Waals surface area contributed by atoms with Crippen LogP contribution in [0.2, 0.25) is 0 Å². The summed E-state index contributed by atoms with van der Waals surface area (Å²) in [5.74, 6) is -3.84. The molecule has 188 valence electrons. The van der Waals surface area contributed by atoms with E-state index in [4.69, 9.17) is 9.84 Å². The normalized spacial score (nSPS) is 15.5. The van der Waals surface area contributed by atoms with Crippen molar-refractivity contribution in [1.82, 2.24) is 15.5 Å². The van der Waals surface area contributed by atoms with Crippen LogP contribution in [0.4, 0.5) is 18.0 Å². The molecule has 3 N–H and O–H groups in total. The number of likely N-dealkylation sites (N-methyl/N-ethyl adjacent to an activating group) is 1. The number of carbonyl (C=O) groups excluding carboxylic acids is 2. The van der Waals surface area contributed by atoms with Crippen LogP contribution in [0.25, 0.3) is 11.1 Å². The van der Waals surface area contributed by atoms with E-state index in [9.17, 15) is 27.6 Å². The third kappa shape index (κ3) is 5.40. The number of alkyl carbamates (subject to hydrolysis) is 1. The summed E-state index contributed by atoms with van der Waals surface area (Å²) in [5.41, 5.74) is 0.430. The van der Waals surface area contributed by atoms with Crippen molar-refractivity contribution in [3.8, 4) is 11.1 Å². The average molecular weight is 493 g/mol. The first-order valence-corrected chi connectivity index (χ1v) is 10.7. The number of aliphatic carboxylic acids is 1. The SMILES string of the molecule is CN(C)CC(NC(=O)OCC1c2ccccc2-c2ccccc21)C(=O)NC(C)(C(=O)O)C(F)(F)F. The number of carbonyl (C=O) groups is 3. The van der Waals surface area contributed by atoms with Gasteiger partial charge in [0.15, 0.2) is 0 Å². The first-order valence-electron chi connectivity index (χ1n) is 10.7. The minimum absolute atomic E-state index is 0.0639. The van der Waals surface area contributed by atoms with E-state index < -0.39 is 35.7 Å². The molecule has 2 atom stereocenters. The number of alkyl halides is 3. The Labute approximate surface area is 200 Å². The molecular weight excluding hydrogens is 467 g/mol. The van der Waals surface area contributed by atoms with E-state index in [0.29, 0.717) is 6.92 Å². The lowest BCUT2D eigenvalue weighted by Gasteiger charge is -2.31. The van der Waals surface area contributed by atoms with Crippen molar-refractivity contribution < 1.29 is 37.4 Å². The predicted molar refractivity (Wildman–Crippen MR) is 121 cm³/mol. The van der Waals surface area contributed by atoms with Crippen molar-refractivity contribution in [2.24, 2.45) is 0 Å². The molecule has 1 aliphatic carbocycles. The van der Waals surface area contributed by atoms with Crippen molar-refractivity contribution in [2.45, 2.75) is 30.6 Å². The van der Waals surface area contributed by atoms with E-state index in [2.05, 4.69) is 5.32 Å². The number of ether oxygens (including phenoxy) is 1. The lowest BCUT2D eigenvalue weighted by Crippen LogP contribution is -2.65. The highest BCUT2D eigenvalue weighted by atomic mass is 19.4. The number of carboxylic acids is 1. The number of fused-ring (bicyclic) bond motifs is 3. The third-order valence-corrected chi connectivity index (χ3v) is 5.87. The number of hydrogen-bond donors (Lipinski definition) is 3. The molecule has 0 fully saturated rings. The molecule has 2 unspecified atom stereocenters. The van der Waals surface area contributed by atoms with Gasteiger partial charge in [0, 0.05) is 12.5 Å². The predicted octanol–water partition coefficient (Wildman–Crippen LogP) is 2.98. The van der Waals surface area contributed by atoms with Gasteiger partial charge in [-0.2, -0.15) is 13.2 Å². The fourth-order valence-corrected chi connectivity index (χ4v) is 3.92. The molecule has 0 saturated carbocycles. The Kier molecular flexibility index (Phi) is 7.39. The van der Waals surface area contributed by atoms with Gasteiger partial charge in [0.2, 0.25) is 11.4 Å². The number of nitrogens with zero attached hydrogens (tertiary/aromatic N) is 1. The van der Waals surface area contributed by atoms with Crippen LogP contribution in [-0.2, 0) is 14.3 Å². The summed E-state index contributed by atoms with van der Waals surface area (Å²) >= 11 is 0. The van der Waals surface area contributed by atoms with Gasteiger partial charge in [-0.25, -0.2) is 9.59 Å². The van der Waals surface area contributed by atoms with Gasteiger partial charge in [0.1, 0.15) is 12.6 Å². The molecule has 2 aromatic carbocycles. The summed E-state index contributed by atoms with van der Waals surface area (Å²) in [5, 5.41) is 12.8. The van der Waals surface area contributed by atoms with Gasteiger partial charge in [-0.05, 0) is 43.3 Å². The fraction of sp³-hybridized carbons (Fsp3) is 0.375. The molecule has 35 heavy (non-hydrogen) atoms. The van der Waals surface area contributed by atoms with E-state index >= 15 is 0 Å². The Morgan fingerprint density at radius 3 is 2.00 bits per heavy atom. The molecule has 3 rings (SSSR count). The van der Waals surface area contributed by atoms with Crippen LogP contribution in [0, 0.1) is 0 Å². The first kappa shape index (κ1) is 26.0. The largest absolute Gasteiger partial charge is 0.479 e. The number of benzene rings is 2. The smallest absolute Gasteiger partial charge is 0.422 e. The van der Waals surface area contributed by atoms with Gasteiger partial charge in [-0.15, -0.1) is 0 Å². The molecule has 2 aromatic rings. The molecule has 2 amide bonds. The lowest BCUT2D eigenvalue weighted by atomic mass is 9.98. The second-order valence-corrected chi connectivity index (χ2v) is 8.70. The minimum atomic E-state index is -5.26. The highest BCUT2D eigenvalue weighted by Crippen LogP contribution is 2.44. The van der Waals surface area contributed by atoms with E-state index in [0.717, 1.165) is 22.3 Å². The summed E-state index contributed by atoms with van der Waals surface area (Å²) in [6.07, 6.45) is -6.28. The summed E-state index contributed by atoms with van der Waals surface area (Å²) in [6, 6.07) is 13.8. The molecular formula is C24H26F3N3O5. The number of nitrogens with one attached hydrogen (secondary N) is 2. The number of hydrogen-bond acceptors (Lipinski definition) is 5. The molecule has 0 spiro atoms. The molecule has 0 radical (unpaired) electrons.